The molecule has 28 heavy (non-hydrogen) atoms. The van der Waals surface area contributed by atoms with Crippen LogP contribution in [0.3, 0.4) is 0 Å². The molecule has 1 fully saturated rings. The Labute approximate surface area is 166 Å². The number of hydrogen-bond acceptors (Lipinski definition) is 4. The molecule has 1 amide bonds. The third-order valence-electron chi connectivity index (χ3n) is 4.79. The van der Waals surface area contributed by atoms with Crippen LogP contribution < -0.4 is 4.74 Å². The average Bonchev–Trinajstić information content (AvgIpc) is 2.66. The maximum atomic E-state index is 12.2. The number of aliphatic hydroxyl groups excluding tert-OH is 1. The van der Waals surface area contributed by atoms with Crippen molar-refractivity contribution in [3.05, 3.63) is 65.7 Å². The van der Waals surface area contributed by atoms with Crippen LogP contribution in [0.5, 0.6) is 5.75 Å². The molecule has 0 bridgehead atoms. The SMILES string of the molecule is CC(C)(C)OC(=O)N1CCC(c2ccc(OCc3ccccc3)cc2)C(O)C1. The fraction of sp³-hybridized carbons (Fsp3) is 0.435. The first kappa shape index (κ1) is 20.2. The molecule has 1 aliphatic rings. The molecule has 150 valence electrons. The molecule has 0 aliphatic carbocycles. The molecule has 1 N–H and O–H groups in total. The van der Waals surface area contributed by atoms with Crippen molar-refractivity contribution in [2.24, 2.45) is 0 Å². The number of benzene rings is 2. The lowest BCUT2D eigenvalue weighted by atomic mass is 9.87. The van der Waals surface area contributed by atoms with E-state index in [2.05, 4.69) is 0 Å². The Morgan fingerprint density at radius 1 is 1.11 bits per heavy atom. The quantitative estimate of drug-likeness (QED) is 0.853. The number of rotatable bonds is 4. The normalized spacial score (nSPS) is 19.9. The minimum atomic E-state index is -0.614. The summed E-state index contributed by atoms with van der Waals surface area (Å²) in [6, 6.07) is 17.9. The number of carbonyl (C=O) groups is 1. The summed E-state index contributed by atoms with van der Waals surface area (Å²) in [6.45, 7) is 6.91. The maximum Gasteiger partial charge on any atom is 0.410 e. The molecule has 0 aromatic heterocycles. The predicted octanol–water partition coefficient (Wildman–Crippen LogP) is 4.35. The summed E-state index contributed by atoms with van der Waals surface area (Å²) in [5.41, 5.74) is 1.65. The molecule has 1 saturated heterocycles. The smallest absolute Gasteiger partial charge is 0.410 e. The van der Waals surface area contributed by atoms with E-state index >= 15 is 0 Å². The van der Waals surface area contributed by atoms with Crippen LogP contribution in [0.15, 0.2) is 54.6 Å². The standard InChI is InChI=1S/C23H29NO4/c1-23(2,3)28-22(26)24-14-13-20(21(25)15-24)18-9-11-19(12-10-18)27-16-17-7-5-4-6-8-17/h4-12,20-21,25H,13-16H2,1-3H3. The molecule has 0 spiro atoms. The number of carbonyl (C=O) groups excluding carboxylic acids is 1. The monoisotopic (exact) mass is 383 g/mol. The highest BCUT2D eigenvalue weighted by molar-refractivity contribution is 5.68. The minimum Gasteiger partial charge on any atom is -0.489 e. The summed E-state index contributed by atoms with van der Waals surface area (Å²) in [7, 11) is 0. The molecule has 2 aromatic carbocycles. The Morgan fingerprint density at radius 3 is 2.39 bits per heavy atom. The molecule has 5 heteroatoms. The first-order valence-corrected chi connectivity index (χ1v) is 9.74. The van der Waals surface area contributed by atoms with Gasteiger partial charge in [0.05, 0.1) is 12.6 Å². The van der Waals surface area contributed by atoms with E-state index < -0.39 is 11.7 Å². The fourth-order valence-electron chi connectivity index (χ4n) is 3.36. The number of β-amino-alcohol motifs (C(OH)–C–C–N with tert-alkyl or cyclic N) is 1. The molecule has 1 heterocycles. The minimum absolute atomic E-state index is 0.00172. The van der Waals surface area contributed by atoms with Gasteiger partial charge < -0.3 is 19.5 Å². The lowest BCUT2D eigenvalue weighted by molar-refractivity contribution is -0.00152. The zero-order valence-electron chi connectivity index (χ0n) is 16.8. The van der Waals surface area contributed by atoms with E-state index in [4.69, 9.17) is 9.47 Å². The van der Waals surface area contributed by atoms with Crippen LogP contribution in [-0.4, -0.2) is 40.9 Å². The van der Waals surface area contributed by atoms with Gasteiger partial charge in [-0.15, -0.1) is 0 Å². The Hall–Kier alpha value is -2.53. The maximum absolute atomic E-state index is 12.2. The molecule has 2 aromatic rings. The van der Waals surface area contributed by atoms with Gasteiger partial charge in [0.15, 0.2) is 0 Å². The van der Waals surface area contributed by atoms with Gasteiger partial charge in [0, 0.05) is 12.5 Å². The lowest BCUT2D eigenvalue weighted by Gasteiger charge is -2.36. The number of aliphatic hydroxyl groups is 1. The molecular weight excluding hydrogens is 354 g/mol. The molecule has 2 atom stereocenters. The van der Waals surface area contributed by atoms with Crippen molar-refractivity contribution in [2.45, 2.75) is 51.4 Å². The largest absolute Gasteiger partial charge is 0.489 e. The zero-order chi connectivity index (χ0) is 20.1. The van der Waals surface area contributed by atoms with E-state index in [0.717, 1.165) is 16.9 Å². The van der Waals surface area contributed by atoms with Crippen LogP contribution in [0.2, 0.25) is 0 Å². The Morgan fingerprint density at radius 2 is 1.79 bits per heavy atom. The van der Waals surface area contributed by atoms with Gasteiger partial charge >= 0.3 is 6.09 Å². The van der Waals surface area contributed by atoms with Crippen molar-refractivity contribution in [3.8, 4) is 5.75 Å². The Balaban J connectivity index is 1.55. The topological polar surface area (TPSA) is 59.0 Å². The van der Waals surface area contributed by atoms with E-state index in [9.17, 15) is 9.90 Å². The molecule has 2 unspecified atom stereocenters. The molecule has 0 saturated carbocycles. The third kappa shape index (κ3) is 5.49. The molecule has 0 radical (unpaired) electrons. The van der Waals surface area contributed by atoms with Crippen LogP contribution in [0.4, 0.5) is 4.79 Å². The highest BCUT2D eigenvalue weighted by Crippen LogP contribution is 2.30. The van der Waals surface area contributed by atoms with Gasteiger partial charge in [-0.3, -0.25) is 0 Å². The summed E-state index contributed by atoms with van der Waals surface area (Å²) in [5.74, 6) is 0.801. The number of amides is 1. The lowest BCUT2D eigenvalue weighted by Crippen LogP contribution is -2.47. The third-order valence-corrected chi connectivity index (χ3v) is 4.79. The van der Waals surface area contributed by atoms with E-state index in [-0.39, 0.29) is 18.6 Å². The molecule has 1 aliphatic heterocycles. The number of hydrogen-bond donors (Lipinski definition) is 1. The molecule has 3 rings (SSSR count). The van der Waals surface area contributed by atoms with E-state index in [1.807, 2.05) is 75.4 Å². The second-order valence-electron chi connectivity index (χ2n) is 8.23. The molecule has 5 nitrogen and oxygen atoms in total. The van der Waals surface area contributed by atoms with Gasteiger partial charge in [-0.1, -0.05) is 42.5 Å². The Bertz CT molecular complexity index is 767. The highest BCUT2D eigenvalue weighted by atomic mass is 16.6. The summed E-state index contributed by atoms with van der Waals surface area (Å²) < 4.78 is 11.2. The summed E-state index contributed by atoms with van der Waals surface area (Å²) >= 11 is 0. The first-order valence-electron chi connectivity index (χ1n) is 9.74. The average molecular weight is 383 g/mol. The van der Waals surface area contributed by atoms with Crippen molar-refractivity contribution >= 4 is 6.09 Å². The number of likely N-dealkylation sites (tertiary alicyclic amines) is 1. The van der Waals surface area contributed by atoms with Crippen molar-refractivity contribution in [1.29, 1.82) is 0 Å². The predicted molar refractivity (Wildman–Crippen MR) is 108 cm³/mol. The van der Waals surface area contributed by atoms with Gasteiger partial charge in [0.2, 0.25) is 0 Å². The Kier molecular flexibility index (Phi) is 6.25. The second kappa shape index (κ2) is 8.65. The highest BCUT2D eigenvalue weighted by Gasteiger charge is 2.33. The van der Waals surface area contributed by atoms with Crippen LogP contribution in [-0.2, 0) is 11.3 Å². The van der Waals surface area contributed by atoms with Gasteiger partial charge in [0.25, 0.3) is 0 Å². The fourth-order valence-corrected chi connectivity index (χ4v) is 3.36. The van der Waals surface area contributed by atoms with E-state index in [1.54, 1.807) is 4.90 Å². The van der Waals surface area contributed by atoms with Crippen LogP contribution in [0.1, 0.15) is 44.2 Å². The second-order valence-corrected chi connectivity index (χ2v) is 8.23. The number of ether oxygens (including phenoxy) is 2. The number of nitrogens with zero attached hydrogens (tertiary/aromatic N) is 1. The van der Waals surface area contributed by atoms with Gasteiger partial charge in [-0.05, 0) is 50.5 Å². The van der Waals surface area contributed by atoms with Crippen molar-refractivity contribution in [3.63, 3.8) is 0 Å². The molecular formula is C23H29NO4. The van der Waals surface area contributed by atoms with Crippen LogP contribution in [0.25, 0.3) is 0 Å². The van der Waals surface area contributed by atoms with E-state index in [0.29, 0.717) is 19.6 Å². The summed E-state index contributed by atoms with van der Waals surface area (Å²) in [6.07, 6.45) is -0.281. The van der Waals surface area contributed by atoms with Gasteiger partial charge in [-0.2, -0.15) is 0 Å². The van der Waals surface area contributed by atoms with Crippen molar-refractivity contribution in [2.75, 3.05) is 13.1 Å². The van der Waals surface area contributed by atoms with Gasteiger partial charge in [-0.25, -0.2) is 4.79 Å². The van der Waals surface area contributed by atoms with Crippen molar-refractivity contribution < 1.29 is 19.4 Å². The number of piperidine rings is 1. The van der Waals surface area contributed by atoms with E-state index in [1.165, 1.54) is 0 Å². The van der Waals surface area contributed by atoms with Gasteiger partial charge in [0.1, 0.15) is 18.0 Å². The first-order chi connectivity index (χ1) is 13.3. The summed E-state index contributed by atoms with van der Waals surface area (Å²) in [5, 5.41) is 10.6. The summed E-state index contributed by atoms with van der Waals surface area (Å²) in [4.78, 5) is 13.8. The van der Waals surface area contributed by atoms with Crippen LogP contribution >= 0.6 is 0 Å². The van der Waals surface area contributed by atoms with Crippen LogP contribution in [0, 0.1) is 0 Å². The van der Waals surface area contributed by atoms with Crippen molar-refractivity contribution in [1.82, 2.24) is 4.90 Å². The zero-order valence-corrected chi connectivity index (χ0v) is 16.8.